The number of nitrogens with zero attached hydrogens (tertiary/aromatic N) is 1. The van der Waals surface area contributed by atoms with Gasteiger partial charge in [-0.1, -0.05) is 18.2 Å². The van der Waals surface area contributed by atoms with E-state index in [0.717, 1.165) is 5.69 Å². The maximum atomic E-state index is 9.08. The van der Waals surface area contributed by atoms with Crippen LogP contribution in [0.4, 0.5) is 0 Å². The molecule has 0 bridgehead atoms. The molecule has 1 heterocycles. The maximum Gasteiger partial charge on any atom is 0.0607 e. The first-order valence-electron chi connectivity index (χ1n) is 6.85. The third-order valence-electron chi connectivity index (χ3n) is 3.57. The van der Waals surface area contributed by atoms with E-state index in [-0.39, 0.29) is 19.3 Å². The molecule has 0 atom stereocenters. The number of rotatable bonds is 6. The summed E-state index contributed by atoms with van der Waals surface area (Å²) in [5, 5.41) is 21.3. The molecule has 3 N–H and O–H groups in total. The van der Waals surface area contributed by atoms with Crippen LogP contribution < -0.4 is 5.32 Å². The molecule has 0 unspecified atom stereocenters. The number of nitrogens with one attached hydrogen (secondary N) is 1. The Labute approximate surface area is 119 Å². The van der Waals surface area contributed by atoms with Crippen molar-refractivity contribution in [1.82, 2.24) is 9.88 Å². The van der Waals surface area contributed by atoms with Crippen LogP contribution >= 0.6 is 0 Å². The monoisotopic (exact) mass is 274 g/mol. The number of aryl methyl sites for hydroxylation is 1. The molecule has 0 fully saturated rings. The number of para-hydroxylation sites is 1. The van der Waals surface area contributed by atoms with Gasteiger partial charge in [-0.2, -0.15) is 0 Å². The first-order valence-corrected chi connectivity index (χ1v) is 6.85. The Balaban J connectivity index is 2.21. The zero-order valence-electron chi connectivity index (χ0n) is 12.0. The van der Waals surface area contributed by atoms with E-state index in [1.807, 2.05) is 18.2 Å². The molecule has 4 heteroatoms. The minimum Gasteiger partial charge on any atom is -0.395 e. The van der Waals surface area contributed by atoms with E-state index in [1.54, 1.807) is 0 Å². The van der Waals surface area contributed by atoms with Gasteiger partial charge in [0.05, 0.1) is 19.3 Å². The van der Waals surface area contributed by atoms with Crippen LogP contribution in [0.2, 0.25) is 0 Å². The molecule has 4 nitrogen and oxygen atoms in total. The minimum absolute atomic E-state index is 0.0616. The van der Waals surface area contributed by atoms with Gasteiger partial charge >= 0.3 is 0 Å². The SMILES string of the molecule is Cc1cc(CNC(CO)CO)c(C)n1-c1ccccc1. The van der Waals surface area contributed by atoms with Crippen molar-refractivity contribution < 1.29 is 10.2 Å². The largest absolute Gasteiger partial charge is 0.395 e. The van der Waals surface area contributed by atoms with Crippen LogP contribution in [0.5, 0.6) is 0 Å². The predicted octanol–water partition coefficient (Wildman–Crippen LogP) is 1.54. The van der Waals surface area contributed by atoms with Crippen molar-refractivity contribution in [3.63, 3.8) is 0 Å². The molecule has 0 spiro atoms. The number of hydrogen-bond acceptors (Lipinski definition) is 3. The van der Waals surface area contributed by atoms with Crippen molar-refractivity contribution in [2.24, 2.45) is 0 Å². The lowest BCUT2D eigenvalue weighted by atomic mass is 10.2. The smallest absolute Gasteiger partial charge is 0.0607 e. The van der Waals surface area contributed by atoms with Crippen LogP contribution in [0, 0.1) is 13.8 Å². The second kappa shape index (κ2) is 6.70. The Kier molecular flexibility index (Phi) is 4.95. The number of aliphatic hydroxyl groups is 2. The van der Waals surface area contributed by atoms with E-state index in [9.17, 15) is 0 Å². The highest BCUT2D eigenvalue weighted by Gasteiger charge is 2.12. The molecule has 0 radical (unpaired) electrons. The van der Waals surface area contributed by atoms with Gasteiger partial charge in [0.2, 0.25) is 0 Å². The lowest BCUT2D eigenvalue weighted by Gasteiger charge is -2.13. The summed E-state index contributed by atoms with van der Waals surface area (Å²) in [5.41, 5.74) is 4.68. The molecule has 0 amide bonds. The molecule has 0 saturated heterocycles. The van der Waals surface area contributed by atoms with E-state index in [4.69, 9.17) is 10.2 Å². The maximum absolute atomic E-state index is 9.08. The first kappa shape index (κ1) is 14.8. The van der Waals surface area contributed by atoms with E-state index in [0.29, 0.717) is 6.54 Å². The Morgan fingerprint density at radius 2 is 1.75 bits per heavy atom. The van der Waals surface area contributed by atoms with Gasteiger partial charge in [-0.25, -0.2) is 0 Å². The molecule has 1 aromatic carbocycles. The third-order valence-corrected chi connectivity index (χ3v) is 3.57. The van der Waals surface area contributed by atoms with Crippen molar-refractivity contribution in [3.8, 4) is 5.69 Å². The van der Waals surface area contributed by atoms with E-state index in [2.05, 4.69) is 41.9 Å². The zero-order valence-corrected chi connectivity index (χ0v) is 12.0. The average molecular weight is 274 g/mol. The van der Waals surface area contributed by atoms with Crippen LogP contribution in [-0.4, -0.2) is 34.0 Å². The summed E-state index contributed by atoms with van der Waals surface area (Å²) in [6, 6.07) is 12.1. The second-order valence-electron chi connectivity index (χ2n) is 5.01. The molecule has 2 rings (SSSR count). The fourth-order valence-electron chi connectivity index (χ4n) is 2.42. The zero-order chi connectivity index (χ0) is 14.5. The van der Waals surface area contributed by atoms with Gasteiger partial charge in [0.1, 0.15) is 0 Å². The Morgan fingerprint density at radius 3 is 2.35 bits per heavy atom. The second-order valence-corrected chi connectivity index (χ2v) is 5.01. The van der Waals surface area contributed by atoms with Crippen molar-refractivity contribution in [2.45, 2.75) is 26.4 Å². The summed E-state index contributed by atoms with van der Waals surface area (Å²) in [5.74, 6) is 0. The summed E-state index contributed by atoms with van der Waals surface area (Å²) in [7, 11) is 0. The van der Waals surface area contributed by atoms with Gasteiger partial charge in [0, 0.05) is 23.6 Å². The third kappa shape index (κ3) is 3.10. The number of benzene rings is 1. The Bertz CT molecular complexity index is 545. The van der Waals surface area contributed by atoms with Crippen LogP contribution in [0.3, 0.4) is 0 Å². The van der Waals surface area contributed by atoms with Gasteiger partial charge in [-0.3, -0.25) is 0 Å². The number of hydrogen-bond donors (Lipinski definition) is 3. The van der Waals surface area contributed by atoms with Gasteiger partial charge in [-0.15, -0.1) is 0 Å². The lowest BCUT2D eigenvalue weighted by Crippen LogP contribution is -2.35. The van der Waals surface area contributed by atoms with Gasteiger partial charge in [0.25, 0.3) is 0 Å². The molecule has 0 aliphatic heterocycles. The van der Waals surface area contributed by atoms with Gasteiger partial charge < -0.3 is 20.1 Å². The molecule has 20 heavy (non-hydrogen) atoms. The van der Waals surface area contributed by atoms with E-state index in [1.165, 1.54) is 17.0 Å². The molecule has 2 aromatic rings. The lowest BCUT2D eigenvalue weighted by molar-refractivity contribution is 0.170. The topological polar surface area (TPSA) is 57.4 Å². The van der Waals surface area contributed by atoms with Gasteiger partial charge in [0.15, 0.2) is 0 Å². The van der Waals surface area contributed by atoms with Crippen molar-refractivity contribution in [3.05, 3.63) is 53.3 Å². The highest BCUT2D eigenvalue weighted by atomic mass is 16.3. The molecular formula is C16H22N2O2. The van der Waals surface area contributed by atoms with Crippen molar-refractivity contribution in [1.29, 1.82) is 0 Å². The van der Waals surface area contributed by atoms with E-state index < -0.39 is 0 Å². The van der Waals surface area contributed by atoms with E-state index >= 15 is 0 Å². The quantitative estimate of drug-likeness (QED) is 0.749. The fourth-order valence-corrected chi connectivity index (χ4v) is 2.42. The highest BCUT2D eigenvalue weighted by molar-refractivity contribution is 5.40. The van der Waals surface area contributed by atoms with Crippen LogP contribution in [-0.2, 0) is 6.54 Å². The summed E-state index contributed by atoms with van der Waals surface area (Å²) in [6.07, 6.45) is 0. The van der Waals surface area contributed by atoms with Crippen LogP contribution in [0.15, 0.2) is 36.4 Å². The van der Waals surface area contributed by atoms with Crippen molar-refractivity contribution in [2.75, 3.05) is 13.2 Å². The summed E-state index contributed by atoms with van der Waals surface area (Å²) < 4.78 is 2.21. The highest BCUT2D eigenvalue weighted by Crippen LogP contribution is 2.20. The first-order chi connectivity index (χ1) is 9.67. The average Bonchev–Trinajstić information content (AvgIpc) is 2.75. The molecule has 0 saturated carbocycles. The Morgan fingerprint density at radius 1 is 1.10 bits per heavy atom. The van der Waals surface area contributed by atoms with Crippen LogP contribution in [0.1, 0.15) is 17.0 Å². The predicted molar refractivity (Wildman–Crippen MR) is 80.0 cm³/mol. The molecular weight excluding hydrogens is 252 g/mol. The summed E-state index contributed by atoms with van der Waals surface area (Å²) >= 11 is 0. The normalized spacial score (nSPS) is 11.2. The van der Waals surface area contributed by atoms with Crippen molar-refractivity contribution >= 4 is 0 Å². The fraction of sp³-hybridized carbons (Fsp3) is 0.375. The number of aliphatic hydroxyl groups excluding tert-OH is 2. The Hall–Kier alpha value is -1.62. The molecule has 0 aliphatic rings. The minimum atomic E-state index is -0.269. The van der Waals surface area contributed by atoms with Crippen LogP contribution in [0.25, 0.3) is 5.69 Å². The number of aromatic nitrogens is 1. The summed E-state index contributed by atoms with van der Waals surface area (Å²) in [4.78, 5) is 0. The molecule has 108 valence electrons. The standard InChI is InChI=1S/C16H22N2O2/c1-12-8-14(9-17-15(10-19)11-20)13(2)18(12)16-6-4-3-5-7-16/h3-8,15,17,19-20H,9-11H2,1-2H3. The molecule has 1 aromatic heterocycles. The molecule has 0 aliphatic carbocycles. The summed E-state index contributed by atoms with van der Waals surface area (Å²) in [6.45, 7) is 4.68. The van der Waals surface area contributed by atoms with Gasteiger partial charge in [-0.05, 0) is 37.6 Å².